The smallest absolute Gasteiger partial charge is 0.0878 e. The van der Waals surface area contributed by atoms with Gasteiger partial charge in [-0.15, -0.1) is 0 Å². The van der Waals surface area contributed by atoms with Crippen molar-refractivity contribution in [3.63, 3.8) is 0 Å². The van der Waals surface area contributed by atoms with Crippen molar-refractivity contribution >= 4 is 0 Å². The highest BCUT2D eigenvalue weighted by atomic mass is 16.5. The van der Waals surface area contributed by atoms with Crippen LogP contribution in [0.1, 0.15) is 44.4 Å². The Morgan fingerprint density at radius 1 is 1.07 bits per heavy atom. The molecule has 1 heteroatoms. The molecule has 0 amide bonds. The molecule has 0 spiro atoms. The highest BCUT2D eigenvalue weighted by molar-refractivity contribution is 5.41. The average Bonchev–Trinajstić information content (AvgIpc) is 2.13. The second-order valence-corrected chi connectivity index (χ2v) is 5.73. The minimum atomic E-state index is -0.140. The molecule has 0 radical (unpaired) electrons. The van der Waals surface area contributed by atoms with E-state index in [2.05, 4.69) is 52.8 Å². The first-order valence-corrected chi connectivity index (χ1v) is 5.58. The summed E-state index contributed by atoms with van der Waals surface area (Å²) in [6.07, 6.45) is 0. The molecule has 2 rings (SSSR count). The molecule has 1 aromatic rings. The van der Waals surface area contributed by atoms with Gasteiger partial charge in [0.2, 0.25) is 0 Å². The van der Waals surface area contributed by atoms with Crippen molar-refractivity contribution in [3.8, 4) is 0 Å². The van der Waals surface area contributed by atoms with E-state index in [1.54, 1.807) is 0 Å². The monoisotopic (exact) mass is 204 g/mol. The molecule has 0 atom stereocenters. The van der Waals surface area contributed by atoms with Crippen LogP contribution in [0.3, 0.4) is 0 Å². The van der Waals surface area contributed by atoms with E-state index in [-0.39, 0.29) is 11.0 Å². The van der Waals surface area contributed by atoms with Crippen LogP contribution in [0, 0.1) is 6.92 Å². The third-order valence-corrected chi connectivity index (χ3v) is 3.35. The van der Waals surface area contributed by atoms with Crippen molar-refractivity contribution in [1.82, 2.24) is 0 Å². The third-order valence-electron chi connectivity index (χ3n) is 3.35. The van der Waals surface area contributed by atoms with E-state index >= 15 is 0 Å². The molecular formula is C14H20O. The minimum absolute atomic E-state index is 0.136. The minimum Gasteiger partial charge on any atom is -0.370 e. The predicted molar refractivity (Wildman–Crippen MR) is 63.2 cm³/mol. The number of benzene rings is 1. The number of rotatable bonds is 0. The van der Waals surface area contributed by atoms with Crippen molar-refractivity contribution in [1.29, 1.82) is 0 Å². The maximum atomic E-state index is 5.95. The van der Waals surface area contributed by atoms with E-state index < -0.39 is 0 Å². The summed E-state index contributed by atoms with van der Waals surface area (Å²) in [5.74, 6) is 0. The molecule has 0 aromatic heterocycles. The van der Waals surface area contributed by atoms with Crippen LogP contribution in [0.4, 0.5) is 0 Å². The van der Waals surface area contributed by atoms with Gasteiger partial charge in [0.25, 0.3) is 0 Å². The zero-order chi connectivity index (χ0) is 11.3. The summed E-state index contributed by atoms with van der Waals surface area (Å²) in [6.45, 7) is 11.8. The lowest BCUT2D eigenvalue weighted by Gasteiger charge is -2.41. The third kappa shape index (κ3) is 1.69. The Labute approximate surface area is 92.5 Å². The summed E-state index contributed by atoms with van der Waals surface area (Å²) >= 11 is 0. The Hall–Kier alpha value is -0.820. The van der Waals surface area contributed by atoms with Crippen LogP contribution >= 0.6 is 0 Å². The van der Waals surface area contributed by atoms with E-state index in [1.165, 1.54) is 16.7 Å². The Morgan fingerprint density at radius 3 is 2.40 bits per heavy atom. The summed E-state index contributed by atoms with van der Waals surface area (Å²) in [7, 11) is 0. The topological polar surface area (TPSA) is 9.23 Å². The van der Waals surface area contributed by atoms with Gasteiger partial charge >= 0.3 is 0 Å². The molecule has 1 aromatic carbocycles. The number of hydrogen-bond acceptors (Lipinski definition) is 1. The Morgan fingerprint density at radius 2 is 1.73 bits per heavy atom. The molecular weight excluding hydrogens is 184 g/mol. The molecule has 0 saturated carbocycles. The quantitative estimate of drug-likeness (QED) is 0.628. The van der Waals surface area contributed by atoms with Crippen LogP contribution in [-0.4, -0.2) is 6.61 Å². The molecule has 1 nitrogen and oxygen atoms in total. The molecule has 0 aliphatic carbocycles. The van der Waals surface area contributed by atoms with Crippen molar-refractivity contribution < 1.29 is 4.74 Å². The van der Waals surface area contributed by atoms with Gasteiger partial charge in [-0.3, -0.25) is 0 Å². The highest BCUT2D eigenvalue weighted by Crippen LogP contribution is 2.41. The van der Waals surface area contributed by atoms with Gasteiger partial charge in [-0.2, -0.15) is 0 Å². The zero-order valence-corrected chi connectivity index (χ0v) is 10.3. The van der Waals surface area contributed by atoms with Gasteiger partial charge in [0, 0.05) is 5.41 Å². The van der Waals surface area contributed by atoms with Crippen LogP contribution in [0.2, 0.25) is 0 Å². The van der Waals surface area contributed by atoms with Gasteiger partial charge in [0.1, 0.15) is 0 Å². The molecule has 1 heterocycles. The predicted octanol–water partition coefficient (Wildman–Crippen LogP) is 3.54. The second kappa shape index (κ2) is 3.08. The van der Waals surface area contributed by atoms with Crippen molar-refractivity contribution in [2.75, 3.05) is 6.61 Å². The largest absolute Gasteiger partial charge is 0.370 e. The van der Waals surface area contributed by atoms with Gasteiger partial charge in [0.15, 0.2) is 0 Å². The molecule has 82 valence electrons. The lowest BCUT2D eigenvalue weighted by atomic mass is 9.75. The van der Waals surface area contributed by atoms with E-state index in [0.29, 0.717) is 0 Å². The maximum absolute atomic E-state index is 5.95. The van der Waals surface area contributed by atoms with Gasteiger partial charge < -0.3 is 4.74 Å². The van der Waals surface area contributed by atoms with E-state index in [0.717, 1.165) is 6.61 Å². The summed E-state index contributed by atoms with van der Waals surface area (Å²) in [6, 6.07) is 6.69. The van der Waals surface area contributed by atoms with E-state index in [9.17, 15) is 0 Å². The van der Waals surface area contributed by atoms with Crippen LogP contribution in [-0.2, 0) is 15.8 Å². The lowest BCUT2D eigenvalue weighted by molar-refractivity contribution is -0.0587. The van der Waals surface area contributed by atoms with Crippen LogP contribution in [0.25, 0.3) is 0 Å². The maximum Gasteiger partial charge on any atom is 0.0878 e. The average molecular weight is 204 g/mol. The fourth-order valence-corrected chi connectivity index (χ4v) is 2.26. The fraction of sp³-hybridized carbons (Fsp3) is 0.571. The summed E-state index contributed by atoms with van der Waals surface area (Å²) < 4.78 is 5.95. The standard InChI is InChI=1S/C14H20O/c1-10-6-7-11-12(8-10)13(2,3)9-15-14(11,4)5/h6-8H,9H2,1-5H3. The SMILES string of the molecule is Cc1ccc2c(c1)C(C)(C)COC2(C)C. The van der Waals surface area contributed by atoms with Crippen LogP contribution in [0.15, 0.2) is 18.2 Å². The molecule has 0 fully saturated rings. The molecule has 0 N–H and O–H groups in total. The zero-order valence-electron chi connectivity index (χ0n) is 10.3. The second-order valence-electron chi connectivity index (χ2n) is 5.73. The number of aryl methyl sites for hydroxylation is 1. The number of ether oxygens (including phenoxy) is 1. The highest BCUT2D eigenvalue weighted by Gasteiger charge is 2.37. The van der Waals surface area contributed by atoms with Crippen molar-refractivity contribution in [3.05, 3.63) is 34.9 Å². The van der Waals surface area contributed by atoms with E-state index in [4.69, 9.17) is 4.74 Å². The van der Waals surface area contributed by atoms with Crippen molar-refractivity contribution in [2.24, 2.45) is 0 Å². The fourth-order valence-electron chi connectivity index (χ4n) is 2.26. The molecule has 0 saturated heterocycles. The molecule has 15 heavy (non-hydrogen) atoms. The lowest BCUT2D eigenvalue weighted by Crippen LogP contribution is -2.39. The first-order valence-electron chi connectivity index (χ1n) is 5.58. The summed E-state index contributed by atoms with van der Waals surface area (Å²) in [4.78, 5) is 0. The summed E-state index contributed by atoms with van der Waals surface area (Å²) in [5, 5.41) is 0. The Bertz CT molecular complexity index is 388. The Kier molecular flexibility index (Phi) is 2.20. The van der Waals surface area contributed by atoms with Gasteiger partial charge in [-0.25, -0.2) is 0 Å². The molecule has 0 bridgehead atoms. The van der Waals surface area contributed by atoms with Crippen LogP contribution < -0.4 is 0 Å². The van der Waals surface area contributed by atoms with Crippen molar-refractivity contribution in [2.45, 2.75) is 45.6 Å². The first-order chi connectivity index (χ1) is 6.83. The number of fused-ring (bicyclic) bond motifs is 1. The van der Waals surface area contributed by atoms with Gasteiger partial charge in [-0.1, -0.05) is 37.6 Å². The van der Waals surface area contributed by atoms with E-state index in [1.807, 2.05) is 0 Å². The molecule has 0 unspecified atom stereocenters. The molecule has 1 aliphatic heterocycles. The normalized spacial score (nSPS) is 22.2. The Balaban J connectivity index is 2.64. The van der Waals surface area contributed by atoms with Gasteiger partial charge in [0.05, 0.1) is 12.2 Å². The van der Waals surface area contributed by atoms with Crippen LogP contribution in [0.5, 0.6) is 0 Å². The first kappa shape index (κ1) is 10.7. The number of hydrogen-bond donors (Lipinski definition) is 0. The molecule has 1 aliphatic rings. The summed E-state index contributed by atoms with van der Waals surface area (Å²) in [5.41, 5.74) is 4.11. The van der Waals surface area contributed by atoms with Gasteiger partial charge in [-0.05, 0) is 31.9 Å².